The lowest BCUT2D eigenvalue weighted by Crippen LogP contribution is -2.52. The van der Waals surface area contributed by atoms with Crippen LogP contribution in [0.2, 0.25) is 0 Å². The van der Waals surface area contributed by atoms with Gasteiger partial charge in [-0.3, -0.25) is 91.1 Å². The molecular formula is C96H133N9O28S. The number of carbonyl (C=O) groups is 19. The first kappa shape index (κ1) is 114. The van der Waals surface area contributed by atoms with Gasteiger partial charge in [-0.15, -0.1) is 11.8 Å². The molecule has 736 valence electrons. The number of unbranched alkanes of at least 4 members (excludes halogenated alkanes) is 1. The summed E-state index contributed by atoms with van der Waals surface area (Å²) >= 11 is 0.985. The number of carboxylic acids is 3. The van der Waals surface area contributed by atoms with Crippen molar-refractivity contribution in [1.29, 1.82) is 0 Å². The molecule has 18 N–H and O–H groups in total. The molecule has 134 heavy (non-hydrogen) atoms. The Balaban J connectivity index is 1.52. The Hall–Kier alpha value is -11.8. The largest absolute Gasteiger partial charge is 0.508 e. The summed E-state index contributed by atoms with van der Waals surface area (Å²) in [4.78, 5) is 262. The smallest absolute Gasteiger partial charge is 0.304 e. The normalized spacial score (nSPS) is 14.9. The number of carboxylic acid groups (broad SMARTS) is 3. The van der Waals surface area contributed by atoms with Crippen molar-refractivity contribution >= 4 is 123 Å². The van der Waals surface area contributed by atoms with Crippen molar-refractivity contribution in [3.63, 3.8) is 0 Å². The monoisotopic (exact) mass is 1890 g/mol. The molecule has 0 unspecified atom stereocenters. The first-order chi connectivity index (χ1) is 63.4. The van der Waals surface area contributed by atoms with Gasteiger partial charge in [0.1, 0.15) is 29.1 Å². The van der Waals surface area contributed by atoms with Gasteiger partial charge in [-0.05, 0) is 144 Å². The fourth-order valence-corrected chi connectivity index (χ4v) is 15.8. The van der Waals surface area contributed by atoms with Gasteiger partial charge in [-0.25, -0.2) is 0 Å². The zero-order valence-corrected chi connectivity index (χ0v) is 78.0. The first-order valence-electron chi connectivity index (χ1n) is 45.1. The minimum absolute atomic E-state index is 0.0248. The second-order valence-electron chi connectivity index (χ2n) is 34.8. The molecule has 4 rings (SSSR count). The number of carbonyl (C=O) groups excluding carboxylic acids is 16. The van der Waals surface area contributed by atoms with E-state index in [-0.39, 0.29) is 90.7 Å². The van der Waals surface area contributed by atoms with Crippen LogP contribution in [-0.4, -0.2) is 262 Å². The summed E-state index contributed by atoms with van der Waals surface area (Å²) in [6, 6.07) is 19.0. The van der Waals surface area contributed by atoms with Crippen molar-refractivity contribution in [2.24, 2.45) is 59.0 Å². The van der Waals surface area contributed by atoms with Crippen molar-refractivity contribution in [3.05, 3.63) is 131 Å². The van der Waals surface area contributed by atoms with E-state index in [1.165, 1.54) is 53.4 Å². The molecule has 0 aliphatic heterocycles. The van der Waals surface area contributed by atoms with E-state index in [4.69, 9.17) is 5.73 Å². The number of rotatable bonds is 68. The predicted molar refractivity (Wildman–Crippen MR) is 492 cm³/mol. The number of hydrogen-bond donors (Lipinski definition) is 17. The second kappa shape index (κ2) is 59.7. The fraction of sp³-hybridized carbons (Fsp3) is 0.552. The highest BCUT2D eigenvalue weighted by atomic mass is 32.2. The number of phenols is 2. The van der Waals surface area contributed by atoms with Gasteiger partial charge in [-0.1, -0.05) is 113 Å². The molecule has 37 nitrogen and oxygen atoms in total. The number of aliphatic carboxylic acids is 3. The number of thioether (sulfide) groups is 1. The van der Waals surface area contributed by atoms with Crippen molar-refractivity contribution < 1.29 is 137 Å². The fourth-order valence-electron chi connectivity index (χ4n) is 15.0. The van der Waals surface area contributed by atoms with Gasteiger partial charge in [0.05, 0.1) is 110 Å². The number of nitrogens with two attached hydrogens (primary N) is 1. The van der Waals surface area contributed by atoms with E-state index in [2.05, 4.69) is 37.2 Å². The van der Waals surface area contributed by atoms with E-state index in [0.717, 1.165) is 25.6 Å². The number of Topliss-reactive ketones (excluding diaryl/α,β-unsaturated/α-hetero) is 8. The molecule has 0 aliphatic carbocycles. The SMILES string of the molecule is CC[C@H](C)[C@H](NC(=O)[C@H](CO)CC(=O)[C@H](Cc1ccc(O)cc1)NC(=O)[C@H](CC(=O)O)CC(=O)[C@H](CO)NC(=O)[C@@H](CC(=O)[C@H](Cc1ccccc1)NC(=O)[C@@H](CC(=O)CNC(=O)[C@H](CCC(=O)O)CC(=O)CSCC(=O)CCCN(C)C(=O)c1ccccc1)[C@@H](C)O)[C@@H](C)O)C(=O)C[C@@H](Cc1ccc(O)cc1)C(=O)N[C@@H](CC(C)C)C(=O)C[C@@H](CC(=O)O)C(=O)N[C@H](C)CCCCN. The minimum Gasteiger partial charge on any atom is -0.508 e. The van der Waals surface area contributed by atoms with Crippen LogP contribution >= 0.6 is 11.8 Å². The lowest BCUT2D eigenvalue weighted by molar-refractivity contribution is -0.143. The topological polar surface area (TPSA) is 620 Å². The first-order valence-corrected chi connectivity index (χ1v) is 46.2. The van der Waals surface area contributed by atoms with Gasteiger partial charge in [0.2, 0.25) is 41.4 Å². The molecule has 16 atom stereocenters. The molecule has 0 fully saturated rings. The lowest BCUT2D eigenvalue weighted by Gasteiger charge is -2.28. The Morgan fingerprint density at radius 2 is 0.866 bits per heavy atom. The highest BCUT2D eigenvalue weighted by Gasteiger charge is 2.41. The van der Waals surface area contributed by atoms with Gasteiger partial charge >= 0.3 is 17.9 Å². The van der Waals surface area contributed by atoms with Crippen LogP contribution in [0.5, 0.6) is 11.5 Å². The maximum atomic E-state index is 14.9. The van der Waals surface area contributed by atoms with Crippen molar-refractivity contribution in [3.8, 4) is 11.5 Å². The average Bonchev–Trinajstić information content (AvgIpc) is 0.844. The van der Waals surface area contributed by atoms with Gasteiger partial charge < -0.3 is 93.8 Å². The molecular weight excluding hydrogens is 1760 g/mol. The number of hydrogen-bond acceptors (Lipinski definition) is 27. The van der Waals surface area contributed by atoms with Crippen LogP contribution in [0.15, 0.2) is 109 Å². The number of nitrogens with one attached hydrogen (secondary N) is 7. The third-order valence-electron chi connectivity index (χ3n) is 23.0. The Bertz CT molecular complexity index is 4590. The second-order valence-corrected chi connectivity index (χ2v) is 35.8. The Morgan fingerprint density at radius 1 is 0.410 bits per heavy atom. The zero-order chi connectivity index (χ0) is 100. The maximum Gasteiger partial charge on any atom is 0.304 e. The third kappa shape index (κ3) is 42.2. The Labute approximate surface area is 783 Å². The lowest BCUT2D eigenvalue weighted by atomic mass is 9.85. The molecule has 0 saturated heterocycles. The van der Waals surface area contributed by atoms with Crippen LogP contribution in [-0.2, 0) is 106 Å². The van der Waals surface area contributed by atoms with E-state index >= 15 is 0 Å². The Kier molecular flexibility index (Phi) is 51.0. The number of aliphatic hydroxyl groups is 4. The third-order valence-corrected chi connectivity index (χ3v) is 24.1. The van der Waals surface area contributed by atoms with E-state index in [1.807, 2.05) is 0 Å². The molecule has 0 aliphatic rings. The summed E-state index contributed by atoms with van der Waals surface area (Å²) in [6.45, 7) is 8.45. The number of phenolic OH excluding ortho intramolecular Hbond substituents is 2. The molecule has 0 bridgehead atoms. The molecule has 38 heteroatoms. The van der Waals surface area contributed by atoms with Crippen molar-refractivity contribution in [1.82, 2.24) is 42.1 Å². The molecule has 8 amide bonds. The number of nitrogens with zero attached hydrogens (tertiary/aromatic N) is 1. The molecule has 4 aromatic carbocycles. The van der Waals surface area contributed by atoms with Crippen LogP contribution in [0, 0.1) is 53.3 Å². The number of ketones is 8. The number of aromatic hydroxyl groups is 2. The maximum absolute atomic E-state index is 14.9. The van der Waals surface area contributed by atoms with Crippen molar-refractivity contribution in [2.75, 3.05) is 51.4 Å². The summed E-state index contributed by atoms with van der Waals surface area (Å²) in [7, 11) is 1.61. The molecule has 0 spiro atoms. The summed E-state index contributed by atoms with van der Waals surface area (Å²) in [5.41, 5.74) is 7.26. The highest BCUT2D eigenvalue weighted by Crippen LogP contribution is 2.27. The summed E-state index contributed by atoms with van der Waals surface area (Å²) in [6.07, 6.45) is -9.68. The molecule has 0 heterocycles. The number of benzene rings is 4. The number of amides is 8. The van der Waals surface area contributed by atoms with Gasteiger partial charge in [0.15, 0.2) is 34.7 Å². The van der Waals surface area contributed by atoms with Crippen LogP contribution < -0.4 is 43.0 Å². The standard InChI is InChI=1S/C96H133N9O28S/c1-9-56(4)88(84(119)44-65(38-61-25-30-69(110)31-26-61)91(128)100-76(37-55(2)3)80(115)42-66(46-86(122)123)90(127)99-57(5)19-16-17-35-97)104-93(130)68(51-106)45-81(116)77(40-62-27-32-70(111)33-28-62)101-92(129)67(47-87(124)125)43-82(117)79(52-107)103-95(132)75(59(7)109)49-83(118)78(39-60-20-12-10-13-21-60)102-94(131)74(58(6)108)48-72(113)50-98-89(126)64(29-34-85(120)121)41-73(114)54-134-53-71(112)24-18-36-105(8)96(133)63-22-14-11-15-23-63/h10-15,20-23,25-28,30-33,55-59,64-68,74-79,88,106-111H,9,16-19,24,29,34-54,97H2,1-8H3,(H,98,126)(H,99,127)(H,100,128)(H,101,129)(H,102,131)(H,103,132)(H,104,130)(H,120,121)(H,122,123)(H,124,125)/t56-,57+,58+,59+,64+,65+,66-,67-,68-,74-,75-,76-,77-,78-,79-,88-/m0/s1. The quantitative estimate of drug-likeness (QED) is 0.0279. The minimum atomic E-state index is -1.99. The van der Waals surface area contributed by atoms with E-state index in [9.17, 15) is 137 Å². The summed E-state index contributed by atoms with van der Waals surface area (Å²) in [5.74, 6) is -30.1. The molecule has 0 aromatic heterocycles. The zero-order valence-electron chi connectivity index (χ0n) is 77.2. The Morgan fingerprint density at radius 3 is 1.38 bits per heavy atom. The molecule has 4 aromatic rings. The van der Waals surface area contributed by atoms with Gasteiger partial charge in [-0.2, -0.15) is 0 Å². The number of aliphatic hydroxyl groups excluding tert-OH is 4. The van der Waals surface area contributed by atoms with Crippen LogP contribution in [0.1, 0.15) is 191 Å². The predicted octanol–water partition coefficient (Wildman–Crippen LogP) is 3.83. The van der Waals surface area contributed by atoms with E-state index in [0.29, 0.717) is 55.5 Å². The van der Waals surface area contributed by atoms with E-state index in [1.54, 1.807) is 102 Å². The van der Waals surface area contributed by atoms with Crippen LogP contribution in [0.3, 0.4) is 0 Å². The highest BCUT2D eigenvalue weighted by molar-refractivity contribution is 8.00. The molecule has 0 saturated carbocycles. The van der Waals surface area contributed by atoms with Crippen molar-refractivity contribution in [2.45, 2.75) is 232 Å². The summed E-state index contributed by atoms with van der Waals surface area (Å²) < 4.78 is 0. The van der Waals surface area contributed by atoms with E-state index < -0.39 is 280 Å². The average molecular weight is 1890 g/mol. The van der Waals surface area contributed by atoms with Crippen LogP contribution in [0.25, 0.3) is 0 Å². The molecule has 0 radical (unpaired) electrons. The van der Waals surface area contributed by atoms with Gasteiger partial charge in [0, 0.05) is 94.8 Å². The summed E-state index contributed by atoms with van der Waals surface area (Å²) in [5, 5.41) is 111. The van der Waals surface area contributed by atoms with Crippen LogP contribution in [0.4, 0.5) is 0 Å². The van der Waals surface area contributed by atoms with Gasteiger partial charge in [0.25, 0.3) is 5.91 Å².